The summed E-state index contributed by atoms with van der Waals surface area (Å²) in [7, 11) is 0. The molecule has 3 heterocycles. The van der Waals surface area contributed by atoms with Crippen molar-refractivity contribution >= 4 is 0 Å². The average Bonchev–Trinajstić information content (AvgIpc) is 2.76. The number of rotatable bonds is 12. The Morgan fingerprint density at radius 3 is 1.21 bits per heavy atom. The molecule has 1 N–H and O–H groups in total. The van der Waals surface area contributed by atoms with Crippen molar-refractivity contribution in [2.24, 2.45) is 0 Å². The molecule has 0 aliphatic heterocycles. The summed E-state index contributed by atoms with van der Waals surface area (Å²) in [5, 5.41) is 11.0. The second kappa shape index (κ2) is 11.3. The molecular formula is C22H25N3O4. The van der Waals surface area contributed by atoms with E-state index in [0.29, 0.717) is 19.8 Å². The molecule has 0 spiro atoms. The predicted molar refractivity (Wildman–Crippen MR) is 107 cm³/mol. The Morgan fingerprint density at radius 2 is 0.931 bits per heavy atom. The quantitative estimate of drug-likeness (QED) is 0.504. The summed E-state index contributed by atoms with van der Waals surface area (Å²) in [6, 6.07) is 16.8. The molecular weight excluding hydrogens is 370 g/mol. The Labute approximate surface area is 170 Å². The van der Waals surface area contributed by atoms with Crippen molar-refractivity contribution < 1.29 is 19.3 Å². The van der Waals surface area contributed by atoms with Crippen LogP contribution in [0.25, 0.3) is 0 Å². The Bertz CT molecular complexity index is 708. The second-order valence-electron chi connectivity index (χ2n) is 6.67. The van der Waals surface area contributed by atoms with Gasteiger partial charge >= 0.3 is 0 Å². The molecule has 3 aromatic heterocycles. The zero-order valence-electron chi connectivity index (χ0n) is 16.2. The van der Waals surface area contributed by atoms with Crippen molar-refractivity contribution in [3.8, 4) is 0 Å². The van der Waals surface area contributed by atoms with Crippen molar-refractivity contribution in [2.75, 3.05) is 19.8 Å². The molecule has 152 valence electrons. The number of hydrogen-bond donors (Lipinski definition) is 1. The van der Waals surface area contributed by atoms with E-state index in [4.69, 9.17) is 14.2 Å². The summed E-state index contributed by atoms with van der Waals surface area (Å²) in [6.07, 6.45) is 5.12. The summed E-state index contributed by atoms with van der Waals surface area (Å²) >= 11 is 0. The molecule has 0 amide bonds. The van der Waals surface area contributed by atoms with Crippen LogP contribution in [0, 0.1) is 0 Å². The largest absolute Gasteiger partial charge is 0.383 e. The summed E-state index contributed by atoms with van der Waals surface area (Å²) < 4.78 is 17.1. The molecule has 29 heavy (non-hydrogen) atoms. The van der Waals surface area contributed by atoms with Gasteiger partial charge in [0.25, 0.3) is 0 Å². The Kier molecular flexibility index (Phi) is 8.21. The lowest BCUT2D eigenvalue weighted by atomic mass is 10.1. The number of ether oxygens (including phenoxy) is 3. The molecule has 3 rings (SSSR count). The highest BCUT2D eigenvalue weighted by Crippen LogP contribution is 2.12. The van der Waals surface area contributed by atoms with Crippen LogP contribution in [-0.4, -0.2) is 45.5 Å². The average molecular weight is 395 g/mol. The molecule has 0 saturated carbocycles. The van der Waals surface area contributed by atoms with E-state index in [1.807, 2.05) is 54.6 Å². The van der Waals surface area contributed by atoms with Gasteiger partial charge in [-0.3, -0.25) is 15.0 Å². The maximum atomic E-state index is 11.0. The first kappa shape index (κ1) is 21.0. The molecule has 0 bridgehead atoms. The summed E-state index contributed by atoms with van der Waals surface area (Å²) in [6.45, 7) is 1.03. The third-order valence-electron chi connectivity index (χ3n) is 4.04. The van der Waals surface area contributed by atoms with Crippen LogP contribution < -0.4 is 0 Å². The van der Waals surface area contributed by atoms with E-state index in [1.165, 1.54) is 0 Å². The second-order valence-corrected chi connectivity index (χ2v) is 6.67. The minimum atomic E-state index is -1.31. The fourth-order valence-electron chi connectivity index (χ4n) is 2.61. The standard InChI is InChI=1S/C22H25N3O4/c26-22(16-27-13-19-7-1-4-10-23-19,17-28-14-20-8-2-5-11-24-20)18-29-15-21-9-3-6-12-25-21/h1-12,26H,13-18H2. The van der Waals surface area contributed by atoms with Gasteiger partial charge in [-0.15, -0.1) is 0 Å². The van der Waals surface area contributed by atoms with Gasteiger partial charge in [0.1, 0.15) is 5.60 Å². The van der Waals surface area contributed by atoms with Crippen molar-refractivity contribution in [3.63, 3.8) is 0 Å². The maximum absolute atomic E-state index is 11.0. The third kappa shape index (κ3) is 7.67. The first-order valence-electron chi connectivity index (χ1n) is 9.39. The van der Waals surface area contributed by atoms with Crippen LogP contribution in [0.15, 0.2) is 73.2 Å². The smallest absolute Gasteiger partial charge is 0.134 e. The van der Waals surface area contributed by atoms with Crippen LogP contribution in [0.4, 0.5) is 0 Å². The van der Waals surface area contributed by atoms with Crippen LogP contribution in [0.5, 0.6) is 0 Å². The molecule has 0 atom stereocenters. The lowest BCUT2D eigenvalue weighted by molar-refractivity contribution is -0.140. The van der Waals surface area contributed by atoms with E-state index < -0.39 is 5.60 Å². The van der Waals surface area contributed by atoms with Gasteiger partial charge < -0.3 is 19.3 Å². The fourth-order valence-corrected chi connectivity index (χ4v) is 2.61. The third-order valence-corrected chi connectivity index (χ3v) is 4.04. The molecule has 0 radical (unpaired) electrons. The van der Waals surface area contributed by atoms with Gasteiger partial charge in [-0.25, -0.2) is 0 Å². The topological polar surface area (TPSA) is 86.6 Å². The van der Waals surface area contributed by atoms with Gasteiger partial charge in [-0.1, -0.05) is 18.2 Å². The SMILES string of the molecule is OC(COCc1ccccn1)(COCc1ccccn1)COCc1ccccn1. The van der Waals surface area contributed by atoms with Crippen molar-refractivity contribution in [1.82, 2.24) is 15.0 Å². The van der Waals surface area contributed by atoms with Gasteiger partial charge in [0.2, 0.25) is 0 Å². The molecule has 7 nitrogen and oxygen atoms in total. The Hall–Kier alpha value is -2.71. The number of nitrogens with zero attached hydrogens (tertiary/aromatic N) is 3. The van der Waals surface area contributed by atoms with E-state index in [2.05, 4.69) is 15.0 Å². The van der Waals surface area contributed by atoms with Gasteiger partial charge in [-0.05, 0) is 36.4 Å². The monoisotopic (exact) mass is 395 g/mol. The first-order chi connectivity index (χ1) is 14.2. The lowest BCUT2D eigenvalue weighted by Crippen LogP contribution is -2.44. The molecule has 3 aromatic rings. The Morgan fingerprint density at radius 1 is 0.586 bits per heavy atom. The van der Waals surface area contributed by atoms with E-state index in [0.717, 1.165) is 17.1 Å². The molecule has 7 heteroatoms. The molecule has 0 aliphatic rings. The number of hydrogen-bond acceptors (Lipinski definition) is 7. The molecule has 0 saturated heterocycles. The van der Waals surface area contributed by atoms with Crippen LogP contribution in [0.2, 0.25) is 0 Å². The highest BCUT2D eigenvalue weighted by molar-refractivity contribution is 5.03. The van der Waals surface area contributed by atoms with Crippen LogP contribution in [-0.2, 0) is 34.0 Å². The fraction of sp³-hybridized carbons (Fsp3) is 0.318. The normalized spacial score (nSPS) is 11.5. The van der Waals surface area contributed by atoms with E-state index in [-0.39, 0.29) is 19.8 Å². The molecule has 0 unspecified atom stereocenters. The van der Waals surface area contributed by atoms with Crippen molar-refractivity contribution in [3.05, 3.63) is 90.3 Å². The van der Waals surface area contributed by atoms with E-state index in [9.17, 15) is 5.11 Å². The molecule has 0 aliphatic carbocycles. The van der Waals surface area contributed by atoms with Crippen LogP contribution in [0.1, 0.15) is 17.1 Å². The number of pyridine rings is 3. The highest BCUT2D eigenvalue weighted by Gasteiger charge is 2.29. The number of aliphatic hydroxyl groups is 1. The van der Waals surface area contributed by atoms with Gasteiger partial charge in [-0.2, -0.15) is 0 Å². The number of aromatic nitrogens is 3. The molecule has 0 fully saturated rings. The molecule has 0 aromatic carbocycles. The van der Waals surface area contributed by atoms with E-state index >= 15 is 0 Å². The predicted octanol–water partition coefficient (Wildman–Crippen LogP) is 2.55. The first-order valence-corrected chi connectivity index (χ1v) is 9.39. The van der Waals surface area contributed by atoms with Crippen LogP contribution in [0.3, 0.4) is 0 Å². The van der Waals surface area contributed by atoms with Gasteiger partial charge in [0, 0.05) is 18.6 Å². The zero-order chi connectivity index (χ0) is 20.2. The van der Waals surface area contributed by atoms with Crippen molar-refractivity contribution in [2.45, 2.75) is 25.4 Å². The summed E-state index contributed by atoms with van der Waals surface area (Å²) in [4.78, 5) is 12.6. The summed E-state index contributed by atoms with van der Waals surface area (Å²) in [5.74, 6) is 0. The minimum Gasteiger partial charge on any atom is -0.383 e. The highest BCUT2D eigenvalue weighted by atomic mass is 16.5. The Balaban J connectivity index is 1.51. The van der Waals surface area contributed by atoms with Gasteiger partial charge in [0.05, 0.1) is 56.7 Å². The van der Waals surface area contributed by atoms with Gasteiger partial charge in [0.15, 0.2) is 0 Å². The maximum Gasteiger partial charge on any atom is 0.134 e. The van der Waals surface area contributed by atoms with Crippen LogP contribution >= 0.6 is 0 Å². The zero-order valence-corrected chi connectivity index (χ0v) is 16.2. The van der Waals surface area contributed by atoms with E-state index in [1.54, 1.807) is 18.6 Å². The lowest BCUT2D eigenvalue weighted by Gasteiger charge is -2.27. The van der Waals surface area contributed by atoms with Crippen molar-refractivity contribution in [1.29, 1.82) is 0 Å². The summed E-state index contributed by atoms with van der Waals surface area (Å²) in [5.41, 5.74) is 1.06. The minimum absolute atomic E-state index is 0.0496.